The van der Waals surface area contributed by atoms with Crippen molar-refractivity contribution in [3.63, 3.8) is 0 Å². The molecule has 0 saturated carbocycles. The molecular weight excluding hydrogens is 435 g/mol. The minimum Gasteiger partial charge on any atom is -0.493 e. The first kappa shape index (κ1) is 21.4. The summed E-state index contributed by atoms with van der Waals surface area (Å²) >= 11 is 5.98. The van der Waals surface area contributed by atoms with Crippen molar-refractivity contribution in [2.75, 3.05) is 12.0 Å². The van der Waals surface area contributed by atoms with Gasteiger partial charge in [0.25, 0.3) is 5.91 Å². The molecule has 0 unspecified atom stereocenters. The Bertz CT molecular complexity index is 1210. The molecule has 0 atom stereocenters. The highest BCUT2D eigenvalue weighted by molar-refractivity contribution is 6.32. The average Bonchev–Trinajstić information content (AvgIpc) is 3.06. The molecule has 3 aromatic carbocycles. The van der Waals surface area contributed by atoms with E-state index in [-0.39, 0.29) is 18.1 Å². The number of amides is 3. The molecule has 8 heteroatoms. The lowest BCUT2D eigenvalue weighted by atomic mass is 10.1. The molecule has 0 radical (unpaired) electrons. The molecule has 0 aromatic heterocycles. The summed E-state index contributed by atoms with van der Waals surface area (Å²) < 4.78 is 24.2. The molecule has 3 aromatic rings. The lowest BCUT2D eigenvalue weighted by Gasteiger charge is -2.12. The third kappa shape index (κ3) is 4.58. The highest BCUT2D eigenvalue weighted by Gasteiger charge is 2.34. The molecule has 32 heavy (non-hydrogen) atoms. The normalized spacial score (nSPS) is 14.6. The number of carbonyl (C=O) groups is 2. The maximum Gasteiger partial charge on any atom is 0.333 e. The van der Waals surface area contributed by atoms with E-state index in [1.54, 1.807) is 54.6 Å². The van der Waals surface area contributed by atoms with Gasteiger partial charge >= 0.3 is 6.03 Å². The number of ether oxygens (including phenoxy) is 2. The second-order valence-corrected chi connectivity index (χ2v) is 7.37. The number of urea groups is 1. The Morgan fingerprint density at radius 1 is 1.03 bits per heavy atom. The fourth-order valence-corrected chi connectivity index (χ4v) is 3.37. The van der Waals surface area contributed by atoms with Crippen LogP contribution in [0.15, 0.2) is 72.4 Å². The van der Waals surface area contributed by atoms with Crippen LogP contribution in [0.2, 0.25) is 5.02 Å². The molecule has 6 nitrogen and oxygen atoms in total. The largest absolute Gasteiger partial charge is 0.493 e. The standard InChI is InChI=1S/C24H18ClFN2O4/c1-31-22-12-16(7-10-21(22)32-14-15-5-8-18(26)9-6-15)11-20-23(29)28(24(30)27-20)19-4-2-3-17(25)13-19/h2-13H,14H2,1H3,(H,27,30)/b20-11+. The molecule has 4 rings (SSSR count). The smallest absolute Gasteiger partial charge is 0.333 e. The van der Waals surface area contributed by atoms with E-state index in [1.165, 1.54) is 25.3 Å². The second-order valence-electron chi connectivity index (χ2n) is 6.93. The third-order valence-electron chi connectivity index (χ3n) is 4.75. The first-order valence-corrected chi connectivity index (χ1v) is 10.0. The quantitative estimate of drug-likeness (QED) is 0.414. The van der Waals surface area contributed by atoms with Crippen LogP contribution in [-0.4, -0.2) is 19.0 Å². The minimum absolute atomic E-state index is 0.122. The second kappa shape index (κ2) is 9.11. The third-order valence-corrected chi connectivity index (χ3v) is 4.99. The first-order valence-electron chi connectivity index (χ1n) is 9.62. The van der Waals surface area contributed by atoms with Gasteiger partial charge in [0.1, 0.15) is 18.1 Å². The molecule has 1 saturated heterocycles. The van der Waals surface area contributed by atoms with E-state index in [4.69, 9.17) is 21.1 Å². The number of hydrogen-bond donors (Lipinski definition) is 1. The van der Waals surface area contributed by atoms with E-state index in [2.05, 4.69) is 5.32 Å². The van der Waals surface area contributed by atoms with Crippen LogP contribution in [0.1, 0.15) is 11.1 Å². The fraction of sp³-hybridized carbons (Fsp3) is 0.0833. The predicted molar refractivity (Wildman–Crippen MR) is 119 cm³/mol. The Labute approximate surface area is 188 Å². The molecule has 1 heterocycles. The summed E-state index contributed by atoms with van der Waals surface area (Å²) in [6.45, 7) is 0.236. The van der Waals surface area contributed by atoms with Crippen LogP contribution in [0.5, 0.6) is 11.5 Å². The average molecular weight is 453 g/mol. The number of nitrogens with zero attached hydrogens (tertiary/aromatic N) is 1. The summed E-state index contributed by atoms with van der Waals surface area (Å²) in [7, 11) is 1.50. The number of rotatable bonds is 6. The van der Waals surface area contributed by atoms with Crippen molar-refractivity contribution in [2.45, 2.75) is 6.61 Å². The van der Waals surface area contributed by atoms with Crippen molar-refractivity contribution >= 4 is 35.3 Å². The predicted octanol–water partition coefficient (Wildman–Crippen LogP) is 5.16. The maximum absolute atomic E-state index is 13.0. The zero-order chi connectivity index (χ0) is 22.7. The van der Waals surface area contributed by atoms with Gasteiger partial charge in [0.05, 0.1) is 12.8 Å². The van der Waals surface area contributed by atoms with Gasteiger partial charge in [-0.05, 0) is 59.7 Å². The number of hydrogen-bond acceptors (Lipinski definition) is 4. The van der Waals surface area contributed by atoms with Crippen LogP contribution in [0, 0.1) is 5.82 Å². The fourth-order valence-electron chi connectivity index (χ4n) is 3.19. The van der Waals surface area contributed by atoms with Crippen LogP contribution in [0.25, 0.3) is 6.08 Å². The maximum atomic E-state index is 13.0. The zero-order valence-electron chi connectivity index (χ0n) is 17.0. The van der Waals surface area contributed by atoms with E-state index >= 15 is 0 Å². The number of imide groups is 1. The highest BCUT2D eigenvalue weighted by atomic mass is 35.5. The summed E-state index contributed by atoms with van der Waals surface area (Å²) in [6.07, 6.45) is 1.55. The molecule has 0 spiro atoms. The summed E-state index contributed by atoms with van der Waals surface area (Å²) in [6, 6.07) is 17.1. The molecule has 1 aliphatic heterocycles. The van der Waals surface area contributed by atoms with E-state index in [1.807, 2.05) is 0 Å². The van der Waals surface area contributed by atoms with Gasteiger partial charge < -0.3 is 14.8 Å². The molecule has 3 amide bonds. The van der Waals surface area contributed by atoms with E-state index in [0.717, 1.165) is 10.5 Å². The lowest BCUT2D eigenvalue weighted by Crippen LogP contribution is -2.30. The van der Waals surface area contributed by atoms with Crippen molar-refractivity contribution in [1.29, 1.82) is 0 Å². The number of carbonyl (C=O) groups excluding carboxylic acids is 2. The highest BCUT2D eigenvalue weighted by Crippen LogP contribution is 2.31. The van der Waals surface area contributed by atoms with Gasteiger partial charge in [0.2, 0.25) is 0 Å². The van der Waals surface area contributed by atoms with Crippen LogP contribution in [-0.2, 0) is 11.4 Å². The Hall–Kier alpha value is -3.84. The van der Waals surface area contributed by atoms with Gasteiger partial charge in [-0.25, -0.2) is 14.1 Å². The first-order chi connectivity index (χ1) is 15.4. The summed E-state index contributed by atoms with van der Waals surface area (Å²) in [4.78, 5) is 26.2. The Morgan fingerprint density at radius 2 is 1.81 bits per heavy atom. The molecule has 1 aliphatic rings. The molecule has 1 N–H and O–H groups in total. The van der Waals surface area contributed by atoms with Crippen LogP contribution < -0.4 is 19.7 Å². The number of methoxy groups -OCH3 is 1. The van der Waals surface area contributed by atoms with Gasteiger partial charge in [0.15, 0.2) is 11.5 Å². The van der Waals surface area contributed by atoms with Gasteiger partial charge in [-0.15, -0.1) is 0 Å². The van der Waals surface area contributed by atoms with Crippen LogP contribution in [0.4, 0.5) is 14.9 Å². The Kier molecular flexibility index (Phi) is 6.09. The number of nitrogens with one attached hydrogen (secondary N) is 1. The Morgan fingerprint density at radius 3 is 2.53 bits per heavy atom. The summed E-state index contributed by atoms with van der Waals surface area (Å²) in [5, 5.41) is 2.99. The summed E-state index contributed by atoms with van der Waals surface area (Å²) in [5.41, 5.74) is 1.94. The molecule has 1 fully saturated rings. The lowest BCUT2D eigenvalue weighted by molar-refractivity contribution is -0.113. The van der Waals surface area contributed by atoms with Gasteiger partial charge in [-0.3, -0.25) is 4.79 Å². The molecule has 162 valence electrons. The van der Waals surface area contributed by atoms with E-state index in [9.17, 15) is 14.0 Å². The Balaban J connectivity index is 1.53. The summed E-state index contributed by atoms with van der Waals surface area (Å²) in [5.74, 6) is 0.130. The van der Waals surface area contributed by atoms with Gasteiger partial charge in [-0.2, -0.15) is 0 Å². The van der Waals surface area contributed by atoms with Gasteiger partial charge in [-0.1, -0.05) is 35.9 Å². The van der Waals surface area contributed by atoms with Crippen molar-refractivity contribution in [1.82, 2.24) is 5.32 Å². The molecule has 0 aliphatic carbocycles. The zero-order valence-corrected chi connectivity index (χ0v) is 17.7. The molecular formula is C24H18ClFN2O4. The van der Waals surface area contributed by atoms with E-state index in [0.29, 0.717) is 27.8 Å². The molecule has 0 bridgehead atoms. The monoisotopic (exact) mass is 452 g/mol. The topological polar surface area (TPSA) is 67.9 Å². The van der Waals surface area contributed by atoms with Crippen LogP contribution >= 0.6 is 11.6 Å². The van der Waals surface area contributed by atoms with Crippen molar-refractivity contribution in [3.05, 3.63) is 94.4 Å². The minimum atomic E-state index is -0.560. The van der Waals surface area contributed by atoms with Crippen molar-refractivity contribution in [2.24, 2.45) is 0 Å². The SMILES string of the molecule is COc1cc(/C=C2/NC(=O)N(c3cccc(Cl)c3)C2=O)ccc1OCc1ccc(F)cc1. The van der Waals surface area contributed by atoms with E-state index < -0.39 is 11.9 Å². The van der Waals surface area contributed by atoms with Crippen molar-refractivity contribution < 1.29 is 23.5 Å². The number of halogens is 2. The number of anilines is 1. The van der Waals surface area contributed by atoms with Crippen molar-refractivity contribution in [3.8, 4) is 11.5 Å². The van der Waals surface area contributed by atoms with Crippen LogP contribution in [0.3, 0.4) is 0 Å². The number of benzene rings is 3. The van der Waals surface area contributed by atoms with Gasteiger partial charge in [0, 0.05) is 5.02 Å².